The van der Waals surface area contributed by atoms with E-state index >= 15 is 0 Å². The van der Waals surface area contributed by atoms with Crippen molar-refractivity contribution in [2.75, 3.05) is 0 Å². The zero-order valence-corrected chi connectivity index (χ0v) is 17.6. The summed E-state index contributed by atoms with van der Waals surface area (Å²) in [6, 6.07) is 6.71. The minimum absolute atomic E-state index is 0.0712. The Labute approximate surface area is 178 Å². The second-order valence-corrected chi connectivity index (χ2v) is 8.67. The van der Waals surface area contributed by atoms with E-state index < -0.39 is 12.1 Å². The maximum absolute atomic E-state index is 12.7. The van der Waals surface area contributed by atoms with Crippen LogP contribution in [0.4, 0.5) is 0 Å². The number of carbonyl (C=O) groups excluding carboxylic acids is 2. The van der Waals surface area contributed by atoms with Gasteiger partial charge < -0.3 is 9.84 Å². The first-order valence-electron chi connectivity index (χ1n) is 9.43. The third-order valence-electron chi connectivity index (χ3n) is 4.83. The van der Waals surface area contributed by atoms with Gasteiger partial charge in [0.15, 0.2) is 10.4 Å². The fraction of sp³-hybridized carbons (Fsp3) is 0.400. The van der Waals surface area contributed by atoms with Crippen LogP contribution in [0.5, 0.6) is 5.75 Å². The van der Waals surface area contributed by atoms with Crippen molar-refractivity contribution < 1.29 is 24.2 Å². The molecule has 9 heteroatoms. The van der Waals surface area contributed by atoms with Crippen molar-refractivity contribution in [1.82, 2.24) is 10.4 Å². The van der Waals surface area contributed by atoms with Crippen LogP contribution >= 0.6 is 24.0 Å². The van der Waals surface area contributed by atoms with E-state index in [1.807, 2.05) is 0 Å². The molecule has 2 N–H and O–H groups in total. The molecule has 1 aliphatic heterocycles. The number of carboxylic acids is 1. The first-order chi connectivity index (χ1) is 13.8. The third-order valence-corrected chi connectivity index (χ3v) is 6.13. The van der Waals surface area contributed by atoms with E-state index in [2.05, 4.69) is 5.43 Å². The minimum Gasteiger partial charge on any atom is -0.479 e. The molecule has 154 valence electrons. The molecule has 1 aromatic carbocycles. The fourth-order valence-corrected chi connectivity index (χ4v) is 4.36. The number of benzene rings is 1. The fourth-order valence-electron chi connectivity index (χ4n) is 3.18. The average Bonchev–Trinajstić information content (AvgIpc) is 2.97. The zero-order valence-electron chi connectivity index (χ0n) is 15.9. The number of hydrogen-bond donors (Lipinski definition) is 2. The van der Waals surface area contributed by atoms with E-state index in [0.717, 1.165) is 54.4 Å². The monoisotopic (exact) mass is 434 g/mol. The van der Waals surface area contributed by atoms with Crippen molar-refractivity contribution in [3.63, 3.8) is 0 Å². The van der Waals surface area contributed by atoms with Crippen molar-refractivity contribution in [2.45, 2.75) is 45.1 Å². The summed E-state index contributed by atoms with van der Waals surface area (Å²) in [5.41, 5.74) is 3.41. The molecule has 0 radical (unpaired) electrons. The molecule has 0 bridgehead atoms. The summed E-state index contributed by atoms with van der Waals surface area (Å²) in [4.78, 5) is 36.4. The Bertz CT molecular complexity index is 847. The standard InChI is InChI=1S/C20H22N2O5S2/c1-12(19(25)26)27-15-9-7-13(8-10-15)11-16-18(24)22(20(28)29-16)21-17(23)14-5-3-2-4-6-14/h7-12,14H,2-6H2,1H3,(H,21,23)(H,25,26)/b16-11+. The predicted molar refractivity (Wildman–Crippen MR) is 114 cm³/mol. The van der Waals surface area contributed by atoms with Crippen LogP contribution in [0.3, 0.4) is 0 Å². The SMILES string of the molecule is CC(Oc1ccc(/C=C2/SC(=S)N(NC(=O)C3CCCCC3)C2=O)cc1)C(=O)O. The molecular formula is C20H22N2O5S2. The highest BCUT2D eigenvalue weighted by atomic mass is 32.2. The predicted octanol–water partition coefficient (Wildman–Crippen LogP) is 3.35. The number of hydrazine groups is 1. The normalized spacial score (nSPS) is 20.0. The minimum atomic E-state index is -1.05. The lowest BCUT2D eigenvalue weighted by Gasteiger charge is -2.23. The molecule has 1 heterocycles. The van der Waals surface area contributed by atoms with E-state index in [1.54, 1.807) is 30.3 Å². The average molecular weight is 435 g/mol. The van der Waals surface area contributed by atoms with Crippen LogP contribution in [0, 0.1) is 5.92 Å². The Balaban J connectivity index is 1.64. The van der Waals surface area contributed by atoms with Crippen LogP contribution < -0.4 is 10.2 Å². The Kier molecular flexibility index (Phi) is 6.92. The summed E-state index contributed by atoms with van der Waals surface area (Å²) in [5, 5.41) is 10.0. The van der Waals surface area contributed by atoms with Crippen LogP contribution in [0.15, 0.2) is 29.2 Å². The van der Waals surface area contributed by atoms with Gasteiger partial charge in [0.2, 0.25) is 5.91 Å². The van der Waals surface area contributed by atoms with Crippen molar-refractivity contribution in [1.29, 1.82) is 0 Å². The highest BCUT2D eigenvalue weighted by Gasteiger charge is 2.35. The van der Waals surface area contributed by atoms with Gasteiger partial charge in [-0.05, 0) is 55.8 Å². The molecule has 1 atom stereocenters. The molecule has 0 spiro atoms. The molecule has 1 aliphatic carbocycles. The molecule has 1 saturated carbocycles. The van der Waals surface area contributed by atoms with Gasteiger partial charge in [-0.25, -0.2) is 4.79 Å². The zero-order chi connectivity index (χ0) is 21.0. The van der Waals surface area contributed by atoms with Crippen LogP contribution in [-0.2, 0) is 14.4 Å². The first-order valence-corrected chi connectivity index (χ1v) is 10.7. The lowest BCUT2D eigenvalue weighted by atomic mass is 9.89. The van der Waals surface area contributed by atoms with Crippen molar-refractivity contribution in [3.8, 4) is 5.75 Å². The largest absolute Gasteiger partial charge is 0.479 e. The summed E-state index contributed by atoms with van der Waals surface area (Å²) in [7, 11) is 0. The van der Waals surface area contributed by atoms with Crippen molar-refractivity contribution >= 4 is 52.2 Å². The van der Waals surface area contributed by atoms with Crippen LogP contribution in [0.1, 0.15) is 44.6 Å². The van der Waals surface area contributed by atoms with Gasteiger partial charge in [0.05, 0.1) is 4.91 Å². The molecule has 3 rings (SSSR count). The van der Waals surface area contributed by atoms with E-state index in [4.69, 9.17) is 22.1 Å². The second-order valence-electron chi connectivity index (χ2n) is 7.00. The highest BCUT2D eigenvalue weighted by molar-refractivity contribution is 8.26. The van der Waals surface area contributed by atoms with E-state index in [1.165, 1.54) is 6.92 Å². The summed E-state index contributed by atoms with van der Waals surface area (Å²) >= 11 is 6.39. The van der Waals surface area contributed by atoms with Crippen molar-refractivity contribution in [3.05, 3.63) is 34.7 Å². The Morgan fingerprint density at radius 3 is 2.55 bits per heavy atom. The van der Waals surface area contributed by atoms with Crippen LogP contribution in [0.2, 0.25) is 0 Å². The lowest BCUT2D eigenvalue weighted by molar-refractivity contribution is -0.144. The molecule has 7 nitrogen and oxygen atoms in total. The highest BCUT2D eigenvalue weighted by Crippen LogP contribution is 2.32. The molecule has 2 fully saturated rings. The molecule has 1 aromatic rings. The second kappa shape index (κ2) is 9.41. The Hall–Kier alpha value is -2.39. The number of carbonyl (C=O) groups is 3. The maximum Gasteiger partial charge on any atom is 0.344 e. The maximum atomic E-state index is 12.7. The Morgan fingerprint density at radius 2 is 1.93 bits per heavy atom. The topological polar surface area (TPSA) is 95.9 Å². The number of thiocarbonyl (C=S) groups is 1. The number of nitrogens with one attached hydrogen (secondary N) is 1. The number of carboxylic acid groups (broad SMARTS) is 1. The molecule has 1 saturated heterocycles. The third kappa shape index (κ3) is 5.36. The van der Waals surface area contributed by atoms with Gasteiger partial charge in [-0.3, -0.25) is 15.0 Å². The quantitative estimate of drug-likeness (QED) is 0.524. The van der Waals surface area contributed by atoms with Gasteiger partial charge in [0, 0.05) is 5.92 Å². The van der Waals surface area contributed by atoms with Gasteiger partial charge in [-0.15, -0.1) is 0 Å². The molecular weight excluding hydrogens is 412 g/mol. The van der Waals surface area contributed by atoms with Crippen LogP contribution in [-0.4, -0.2) is 38.3 Å². The van der Waals surface area contributed by atoms with Gasteiger partial charge in [-0.2, -0.15) is 5.01 Å². The number of amides is 2. The lowest BCUT2D eigenvalue weighted by Crippen LogP contribution is -2.47. The van der Waals surface area contributed by atoms with Crippen molar-refractivity contribution in [2.24, 2.45) is 5.92 Å². The summed E-state index contributed by atoms with van der Waals surface area (Å²) in [6.45, 7) is 1.45. The van der Waals surface area contributed by atoms with E-state index in [-0.39, 0.29) is 17.7 Å². The van der Waals surface area contributed by atoms with E-state index in [9.17, 15) is 14.4 Å². The Morgan fingerprint density at radius 1 is 1.28 bits per heavy atom. The number of thioether (sulfide) groups is 1. The molecule has 0 aromatic heterocycles. The number of nitrogens with zero attached hydrogens (tertiary/aromatic N) is 1. The summed E-state index contributed by atoms with van der Waals surface area (Å²) in [6.07, 6.45) is 5.60. The van der Waals surface area contributed by atoms with E-state index in [0.29, 0.717) is 15.0 Å². The smallest absolute Gasteiger partial charge is 0.344 e. The van der Waals surface area contributed by atoms with Gasteiger partial charge >= 0.3 is 5.97 Å². The van der Waals surface area contributed by atoms with Crippen LogP contribution in [0.25, 0.3) is 6.08 Å². The first kappa shape index (κ1) is 21.3. The summed E-state index contributed by atoms with van der Waals surface area (Å²) < 4.78 is 5.58. The molecule has 29 heavy (non-hydrogen) atoms. The molecule has 2 amide bonds. The molecule has 1 unspecified atom stereocenters. The summed E-state index contributed by atoms with van der Waals surface area (Å²) in [5.74, 6) is -1.21. The number of ether oxygens (including phenoxy) is 1. The molecule has 2 aliphatic rings. The number of aliphatic carboxylic acids is 1. The number of rotatable bonds is 6. The van der Waals surface area contributed by atoms with Gasteiger partial charge in [0.1, 0.15) is 5.75 Å². The number of hydrogen-bond acceptors (Lipinski definition) is 6. The van der Waals surface area contributed by atoms with Gasteiger partial charge in [0.25, 0.3) is 5.91 Å². The van der Waals surface area contributed by atoms with Gasteiger partial charge in [-0.1, -0.05) is 43.2 Å².